The van der Waals surface area contributed by atoms with Crippen LogP contribution < -0.4 is 5.73 Å². The molecule has 0 aliphatic heterocycles. The zero-order valence-electron chi connectivity index (χ0n) is 10.7. The molecule has 2 N–H and O–H groups in total. The lowest BCUT2D eigenvalue weighted by Crippen LogP contribution is -2.41. The average Bonchev–Trinajstić information content (AvgIpc) is 2.77. The van der Waals surface area contributed by atoms with Gasteiger partial charge in [-0.3, -0.25) is 0 Å². The SMILES string of the molecule is COC1(CC(N)c2csc3ccccc23)CCC1. The number of nitrogens with two attached hydrogens (primary N) is 1. The molecule has 1 saturated carbocycles. The molecule has 96 valence electrons. The normalized spacial score (nSPS) is 19.7. The van der Waals surface area contributed by atoms with Gasteiger partial charge in [0.2, 0.25) is 0 Å². The van der Waals surface area contributed by atoms with Crippen LogP contribution in [0.5, 0.6) is 0 Å². The molecule has 1 fully saturated rings. The maximum Gasteiger partial charge on any atom is 0.0696 e. The molecule has 0 bridgehead atoms. The highest BCUT2D eigenvalue weighted by atomic mass is 32.1. The summed E-state index contributed by atoms with van der Waals surface area (Å²) in [6, 6.07) is 8.58. The van der Waals surface area contributed by atoms with Crippen molar-refractivity contribution < 1.29 is 4.74 Å². The van der Waals surface area contributed by atoms with E-state index in [1.165, 1.54) is 22.1 Å². The molecule has 1 heterocycles. The van der Waals surface area contributed by atoms with Gasteiger partial charge in [0, 0.05) is 17.9 Å². The predicted molar refractivity (Wildman–Crippen MR) is 77.0 cm³/mol. The van der Waals surface area contributed by atoms with Gasteiger partial charge in [0.25, 0.3) is 0 Å². The maximum atomic E-state index is 6.40. The number of hydrogen-bond acceptors (Lipinski definition) is 3. The third-order valence-corrected chi connectivity index (χ3v) is 5.18. The Morgan fingerprint density at radius 2 is 2.17 bits per heavy atom. The molecule has 0 saturated heterocycles. The van der Waals surface area contributed by atoms with Crippen molar-refractivity contribution in [2.45, 2.75) is 37.3 Å². The number of benzene rings is 1. The first-order valence-corrected chi connectivity index (χ1v) is 7.39. The van der Waals surface area contributed by atoms with E-state index < -0.39 is 0 Å². The third kappa shape index (κ3) is 1.96. The molecule has 1 atom stereocenters. The molecule has 0 radical (unpaired) electrons. The van der Waals surface area contributed by atoms with E-state index >= 15 is 0 Å². The predicted octanol–water partition coefficient (Wildman–Crippen LogP) is 3.86. The largest absolute Gasteiger partial charge is 0.378 e. The number of thiophene rings is 1. The Balaban J connectivity index is 1.85. The van der Waals surface area contributed by atoms with Crippen molar-refractivity contribution in [2.75, 3.05) is 7.11 Å². The highest BCUT2D eigenvalue weighted by Crippen LogP contribution is 2.42. The van der Waals surface area contributed by atoms with Gasteiger partial charge in [-0.2, -0.15) is 0 Å². The summed E-state index contributed by atoms with van der Waals surface area (Å²) in [4.78, 5) is 0. The fourth-order valence-electron chi connectivity index (χ4n) is 2.86. The van der Waals surface area contributed by atoms with E-state index in [9.17, 15) is 0 Å². The minimum atomic E-state index is 0.0441. The Morgan fingerprint density at radius 3 is 2.83 bits per heavy atom. The molecule has 2 nitrogen and oxygen atoms in total. The molecule has 0 spiro atoms. The first kappa shape index (κ1) is 12.2. The van der Waals surface area contributed by atoms with Crippen LogP contribution in [0.15, 0.2) is 29.6 Å². The minimum Gasteiger partial charge on any atom is -0.378 e. The lowest BCUT2D eigenvalue weighted by Gasteiger charge is -2.42. The lowest BCUT2D eigenvalue weighted by molar-refractivity contribution is -0.0816. The summed E-state index contributed by atoms with van der Waals surface area (Å²) in [5.41, 5.74) is 7.72. The molecule has 3 rings (SSSR count). The summed E-state index contributed by atoms with van der Waals surface area (Å²) in [6.07, 6.45) is 4.51. The minimum absolute atomic E-state index is 0.0441. The fourth-order valence-corrected chi connectivity index (χ4v) is 3.88. The summed E-state index contributed by atoms with van der Waals surface area (Å²) in [7, 11) is 1.82. The van der Waals surface area contributed by atoms with Gasteiger partial charge in [0.05, 0.1) is 5.60 Å². The Labute approximate surface area is 112 Å². The second-order valence-corrected chi connectivity index (χ2v) is 6.15. The Bertz CT molecular complexity index is 539. The topological polar surface area (TPSA) is 35.2 Å². The molecule has 1 aromatic carbocycles. The van der Waals surface area contributed by atoms with E-state index in [0.29, 0.717) is 0 Å². The van der Waals surface area contributed by atoms with Crippen LogP contribution >= 0.6 is 11.3 Å². The first-order chi connectivity index (χ1) is 8.74. The lowest BCUT2D eigenvalue weighted by atomic mass is 9.75. The van der Waals surface area contributed by atoms with Crippen molar-refractivity contribution in [3.05, 3.63) is 35.2 Å². The van der Waals surface area contributed by atoms with E-state index in [1.807, 2.05) is 7.11 Å². The molecule has 1 aliphatic carbocycles. The van der Waals surface area contributed by atoms with Gasteiger partial charge < -0.3 is 10.5 Å². The van der Waals surface area contributed by atoms with Crippen LogP contribution in [0.1, 0.15) is 37.3 Å². The van der Waals surface area contributed by atoms with E-state index in [0.717, 1.165) is 19.3 Å². The number of hydrogen-bond donors (Lipinski definition) is 1. The van der Waals surface area contributed by atoms with E-state index in [1.54, 1.807) is 11.3 Å². The summed E-state index contributed by atoms with van der Waals surface area (Å²) in [5, 5.41) is 3.51. The van der Waals surface area contributed by atoms with Crippen molar-refractivity contribution in [3.8, 4) is 0 Å². The summed E-state index contributed by atoms with van der Waals surface area (Å²) < 4.78 is 7.00. The van der Waals surface area contributed by atoms with Crippen LogP contribution in [0.2, 0.25) is 0 Å². The van der Waals surface area contributed by atoms with E-state index in [2.05, 4.69) is 29.6 Å². The molecular weight excluding hydrogens is 242 g/mol. The molecule has 18 heavy (non-hydrogen) atoms. The molecule has 3 heteroatoms. The van der Waals surface area contributed by atoms with Crippen LogP contribution in [0.25, 0.3) is 10.1 Å². The van der Waals surface area contributed by atoms with Crippen LogP contribution in [0.4, 0.5) is 0 Å². The van der Waals surface area contributed by atoms with E-state index in [-0.39, 0.29) is 11.6 Å². The molecule has 0 amide bonds. The number of methoxy groups -OCH3 is 1. The van der Waals surface area contributed by atoms with Crippen LogP contribution in [0, 0.1) is 0 Å². The zero-order valence-corrected chi connectivity index (χ0v) is 11.5. The summed E-state index contributed by atoms with van der Waals surface area (Å²) in [5.74, 6) is 0. The van der Waals surface area contributed by atoms with Crippen molar-refractivity contribution in [1.29, 1.82) is 0 Å². The highest BCUT2D eigenvalue weighted by molar-refractivity contribution is 7.17. The average molecular weight is 261 g/mol. The number of ether oxygens (including phenoxy) is 1. The van der Waals surface area contributed by atoms with Crippen molar-refractivity contribution >= 4 is 21.4 Å². The summed E-state index contributed by atoms with van der Waals surface area (Å²) >= 11 is 1.78. The molecule has 1 aliphatic rings. The molecule has 1 aromatic heterocycles. The number of fused-ring (bicyclic) bond motifs is 1. The summed E-state index contributed by atoms with van der Waals surface area (Å²) in [6.45, 7) is 0. The van der Waals surface area contributed by atoms with Crippen LogP contribution in [0.3, 0.4) is 0 Å². The Kier molecular flexibility index (Phi) is 3.14. The Hall–Kier alpha value is -0.900. The monoisotopic (exact) mass is 261 g/mol. The second-order valence-electron chi connectivity index (χ2n) is 5.24. The third-order valence-electron chi connectivity index (χ3n) is 4.20. The van der Waals surface area contributed by atoms with Gasteiger partial charge >= 0.3 is 0 Å². The fraction of sp³-hybridized carbons (Fsp3) is 0.467. The quantitative estimate of drug-likeness (QED) is 0.907. The van der Waals surface area contributed by atoms with Crippen LogP contribution in [-0.2, 0) is 4.74 Å². The van der Waals surface area contributed by atoms with Crippen molar-refractivity contribution in [3.63, 3.8) is 0 Å². The van der Waals surface area contributed by atoms with Gasteiger partial charge in [-0.05, 0) is 48.1 Å². The molecular formula is C15H19NOS. The smallest absolute Gasteiger partial charge is 0.0696 e. The maximum absolute atomic E-state index is 6.40. The van der Waals surface area contributed by atoms with Gasteiger partial charge in [0.15, 0.2) is 0 Å². The second kappa shape index (κ2) is 4.65. The molecule has 2 aromatic rings. The van der Waals surface area contributed by atoms with E-state index in [4.69, 9.17) is 10.5 Å². The Morgan fingerprint density at radius 1 is 1.39 bits per heavy atom. The standard InChI is InChI=1S/C15H19NOS/c1-17-15(7-4-8-15)9-13(16)12-10-18-14-6-3-2-5-11(12)14/h2-3,5-6,10,13H,4,7-9,16H2,1H3. The first-order valence-electron chi connectivity index (χ1n) is 6.51. The van der Waals surface area contributed by atoms with Crippen LogP contribution in [-0.4, -0.2) is 12.7 Å². The van der Waals surface area contributed by atoms with Gasteiger partial charge in [-0.1, -0.05) is 18.2 Å². The molecule has 1 unspecified atom stereocenters. The van der Waals surface area contributed by atoms with Gasteiger partial charge in [-0.25, -0.2) is 0 Å². The van der Waals surface area contributed by atoms with Gasteiger partial charge in [0.1, 0.15) is 0 Å². The van der Waals surface area contributed by atoms with Crippen molar-refractivity contribution in [1.82, 2.24) is 0 Å². The van der Waals surface area contributed by atoms with Gasteiger partial charge in [-0.15, -0.1) is 11.3 Å². The van der Waals surface area contributed by atoms with Crippen molar-refractivity contribution in [2.24, 2.45) is 5.73 Å². The highest BCUT2D eigenvalue weighted by Gasteiger charge is 2.38. The number of rotatable bonds is 4. The zero-order chi connectivity index (χ0) is 12.6.